The van der Waals surface area contributed by atoms with Crippen molar-refractivity contribution in [3.05, 3.63) is 17.8 Å². The summed E-state index contributed by atoms with van der Waals surface area (Å²) in [6, 6.07) is 0. The van der Waals surface area contributed by atoms with Crippen LogP contribution in [0.2, 0.25) is 0 Å². The van der Waals surface area contributed by atoms with E-state index < -0.39 is 0 Å². The second-order valence-corrected chi connectivity index (χ2v) is 3.98. The van der Waals surface area contributed by atoms with Gasteiger partial charge in [-0.05, 0) is 6.54 Å². The molecule has 0 N–H and O–H groups in total. The fourth-order valence-electron chi connectivity index (χ4n) is 1.89. The predicted octanol–water partition coefficient (Wildman–Crippen LogP) is 0.761. The molecule has 16 heavy (non-hydrogen) atoms. The molecule has 1 aliphatic heterocycles. The summed E-state index contributed by atoms with van der Waals surface area (Å²) in [5.74, 6) is 0.517. The van der Waals surface area contributed by atoms with Crippen LogP contribution in [0.15, 0.2) is 10.7 Å². The number of carbonyl (C=O) groups is 1. The molecule has 1 fully saturated rings. The monoisotopic (exact) mass is 223 g/mol. The first kappa shape index (κ1) is 11.1. The number of amides is 1. The summed E-state index contributed by atoms with van der Waals surface area (Å²) in [4.78, 5) is 20.2. The van der Waals surface area contributed by atoms with Crippen molar-refractivity contribution in [1.82, 2.24) is 14.8 Å². The lowest BCUT2D eigenvalue weighted by atomic mass is 10.3. The Hall–Kier alpha value is -1.36. The minimum absolute atomic E-state index is 0.0207. The van der Waals surface area contributed by atoms with E-state index in [0.29, 0.717) is 11.6 Å². The van der Waals surface area contributed by atoms with Gasteiger partial charge in [0, 0.05) is 33.1 Å². The molecule has 5 nitrogen and oxygen atoms in total. The van der Waals surface area contributed by atoms with Crippen molar-refractivity contribution < 1.29 is 9.21 Å². The van der Waals surface area contributed by atoms with Crippen molar-refractivity contribution in [2.24, 2.45) is 0 Å². The van der Waals surface area contributed by atoms with E-state index in [0.717, 1.165) is 32.7 Å². The van der Waals surface area contributed by atoms with Crippen LogP contribution in [0.3, 0.4) is 0 Å². The van der Waals surface area contributed by atoms with Crippen LogP contribution in [-0.2, 0) is 0 Å². The maximum Gasteiger partial charge on any atom is 0.275 e. The van der Waals surface area contributed by atoms with Gasteiger partial charge in [-0.15, -0.1) is 0 Å². The van der Waals surface area contributed by atoms with Crippen LogP contribution < -0.4 is 0 Å². The highest BCUT2D eigenvalue weighted by atomic mass is 16.3. The molecule has 0 atom stereocenters. The highest BCUT2D eigenvalue weighted by Crippen LogP contribution is 2.08. The number of rotatable bonds is 2. The number of aryl methyl sites for hydroxylation is 1. The van der Waals surface area contributed by atoms with Gasteiger partial charge in [0.2, 0.25) is 0 Å². The number of aromatic nitrogens is 1. The molecule has 1 saturated heterocycles. The van der Waals surface area contributed by atoms with Crippen LogP contribution in [0.25, 0.3) is 0 Å². The van der Waals surface area contributed by atoms with Gasteiger partial charge in [0.05, 0.1) is 0 Å². The third kappa shape index (κ3) is 2.24. The van der Waals surface area contributed by atoms with Gasteiger partial charge in [-0.25, -0.2) is 4.98 Å². The van der Waals surface area contributed by atoms with Crippen LogP contribution in [0.4, 0.5) is 0 Å². The smallest absolute Gasteiger partial charge is 0.275 e. The Morgan fingerprint density at radius 3 is 2.62 bits per heavy atom. The second kappa shape index (κ2) is 4.65. The zero-order chi connectivity index (χ0) is 11.5. The highest BCUT2D eigenvalue weighted by Gasteiger charge is 2.23. The molecule has 2 rings (SSSR count). The van der Waals surface area contributed by atoms with Crippen LogP contribution in [0.5, 0.6) is 0 Å². The maximum absolute atomic E-state index is 12.0. The Morgan fingerprint density at radius 2 is 2.12 bits per heavy atom. The van der Waals surface area contributed by atoms with Gasteiger partial charge in [0.15, 0.2) is 11.6 Å². The molecule has 0 unspecified atom stereocenters. The largest absolute Gasteiger partial charge is 0.448 e. The minimum atomic E-state index is -0.0207. The van der Waals surface area contributed by atoms with Crippen LogP contribution in [0, 0.1) is 6.92 Å². The summed E-state index contributed by atoms with van der Waals surface area (Å²) in [5.41, 5.74) is 0.419. The fraction of sp³-hybridized carbons (Fsp3) is 0.636. The highest BCUT2D eigenvalue weighted by molar-refractivity contribution is 5.92. The van der Waals surface area contributed by atoms with E-state index in [2.05, 4.69) is 16.8 Å². The average molecular weight is 223 g/mol. The van der Waals surface area contributed by atoms with Crippen LogP contribution >= 0.6 is 0 Å². The summed E-state index contributed by atoms with van der Waals surface area (Å²) in [5, 5.41) is 0. The van der Waals surface area contributed by atoms with E-state index >= 15 is 0 Å². The van der Waals surface area contributed by atoms with Crippen molar-refractivity contribution in [2.75, 3.05) is 32.7 Å². The number of nitrogens with zero attached hydrogens (tertiary/aromatic N) is 3. The summed E-state index contributed by atoms with van der Waals surface area (Å²) in [6.07, 6.45) is 1.43. The lowest BCUT2D eigenvalue weighted by Crippen LogP contribution is -2.48. The lowest BCUT2D eigenvalue weighted by Gasteiger charge is -2.33. The van der Waals surface area contributed by atoms with Gasteiger partial charge in [-0.2, -0.15) is 0 Å². The third-order valence-electron chi connectivity index (χ3n) is 2.94. The number of likely N-dealkylation sites (N-methyl/N-ethyl adjacent to an activating group) is 1. The van der Waals surface area contributed by atoms with E-state index in [1.807, 2.05) is 4.90 Å². The first-order valence-corrected chi connectivity index (χ1v) is 5.64. The first-order chi connectivity index (χ1) is 7.70. The van der Waals surface area contributed by atoms with Crippen molar-refractivity contribution in [1.29, 1.82) is 0 Å². The average Bonchev–Trinajstić information content (AvgIpc) is 2.75. The summed E-state index contributed by atoms with van der Waals surface area (Å²) >= 11 is 0. The normalized spacial score (nSPS) is 17.8. The van der Waals surface area contributed by atoms with Crippen LogP contribution in [0.1, 0.15) is 23.3 Å². The molecule has 0 saturated carbocycles. The van der Waals surface area contributed by atoms with Gasteiger partial charge in [0.1, 0.15) is 6.26 Å². The lowest BCUT2D eigenvalue weighted by molar-refractivity contribution is 0.0637. The Bertz CT molecular complexity index is 367. The minimum Gasteiger partial charge on any atom is -0.448 e. The Balaban J connectivity index is 1.96. The molecule has 1 aromatic rings. The van der Waals surface area contributed by atoms with Crippen molar-refractivity contribution >= 4 is 5.91 Å². The number of piperazine rings is 1. The molecule has 5 heteroatoms. The van der Waals surface area contributed by atoms with Crippen LogP contribution in [-0.4, -0.2) is 53.4 Å². The van der Waals surface area contributed by atoms with Gasteiger partial charge < -0.3 is 14.2 Å². The molecule has 1 amide bonds. The molecular formula is C11H17N3O2. The van der Waals surface area contributed by atoms with Crippen molar-refractivity contribution in [3.8, 4) is 0 Å². The number of oxazole rings is 1. The molecule has 1 aromatic heterocycles. The predicted molar refractivity (Wildman–Crippen MR) is 59.3 cm³/mol. The van der Waals surface area contributed by atoms with Gasteiger partial charge in [-0.1, -0.05) is 6.92 Å². The standard InChI is InChI=1S/C11H17N3O2/c1-3-13-4-6-14(7-5-13)11(15)10-8-16-9(2)12-10/h8H,3-7H2,1-2H3. The number of carbonyl (C=O) groups excluding carboxylic acids is 1. The molecule has 88 valence electrons. The Labute approximate surface area is 95.0 Å². The molecule has 0 aliphatic carbocycles. The maximum atomic E-state index is 12.0. The molecule has 0 spiro atoms. The summed E-state index contributed by atoms with van der Waals surface area (Å²) < 4.78 is 5.05. The quantitative estimate of drug-likeness (QED) is 0.742. The summed E-state index contributed by atoms with van der Waals surface area (Å²) in [7, 11) is 0. The Morgan fingerprint density at radius 1 is 1.44 bits per heavy atom. The first-order valence-electron chi connectivity index (χ1n) is 5.64. The Kier molecular flexibility index (Phi) is 3.24. The molecular weight excluding hydrogens is 206 g/mol. The summed E-state index contributed by atoms with van der Waals surface area (Å²) in [6.45, 7) is 8.37. The van der Waals surface area contributed by atoms with Crippen molar-refractivity contribution in [3.63, 3.8) is 0 Å². The van der Waals surface area contributed by atoms with E-state index in [-0.39, 0.29) is 5.91 Å². The van der Waals surface area contributed by atoms with Gasteiger partial charge in [-0.3, -0.25) is 4.79 Å². The van der Waals surface area contributed by atoms with Gasteiger partial charge >= 0.3 is 0 Å². The van der Waals surface area contributed by atoms with Gasteiger partial charge in [0.25, 0.3) is 5.91 Å². The molecule has 0 aromatic carbocycles. The third-order valence-corrected chi connectivity index (χ3v) is 2.94. The van der Waals surface area contributed by atoms with E-state index in [9.17, 15) is 4.79 Å². The fourth-order valence-corrected chi connectivity index (χ4v) is 1.89. The molecule has 0 bridgehead atoms. The zero-order valence-electron chi connectivity index (χ0n) is 9.77. The second-order valence-electron chi connectivity index (χ2n) is 3.98. The number of hydrogen-bond donors (Lipinski definition) is 0. The molecule has 2 heterocycles. The van der Waals surface area contributed by atoms with E-state index in [1.54, 1.807) is 6.92 Å². The van der Waals surface area contributed by atoms with E-state index in [1.165, 1.54) is 6.26 Å². The number of hydrogen-bond acceptors (Lipinski definition) is 4. The SMILES string of the molecule is CCN1CCN(C(=O)c2coc(C)n2)CC1. The zero-order valence-corrected chi connectivity index (χ0v) is 9.77. The van der Waals surface area contributed by atoms with Crippen molar-refractivity contribution in [2.45, 2.75) is 13.8 Å². The molecule has 1 aliphatic rings. The molecule has 0 radical (unpaired) electrons. The van der Waals surface area contributed by atoms with E-state index in [4.69, 9.17) is 4.42 Å². The topological polar surface area (TPSA) is 49.6 Å².